The molecule has 184 valence electrons. The van der Waals surface area contributed by atoms with Gasteiger partial charge in [0.1, 0.15) is 17.0 Å². The highest BCUT2D eigenvalue weighted by atomic mass is 16.5. The Morgan fingerprint density at radius 2 is 1.58 bits per heavy atom. The Balaban J connectivity index is 1.66. The van der Waals surface area contributed by atoms with Crippen LogP contribution in [0.2, 0.25) is 0 Å². The van der Waals surface area contributed by atoms with Gasteiger partial charge in [0, 0.05) is 12.5 Å². The summed E-state index contributed by atoms with van der Waals surface area (Å²) in [5.41, 5.74) is 0.0551. The molecular formula is C28H26N2O6. The van der Waals surface area contributed by atoms with Crippen molar-refractivity contribution in [3.8, 4) is 11.5 Å². The van der Waals surface area contributed by atoms with E-state index >= 15 is 0 Å². The van der Waals surface area contributed by atoms with Gasteiger partial charge in [-0.25, -0.2) is 4.90 Å². The first kappa shape index (κ1) is 23.6. The van der Waals surface area contributed by atoms with Gasteiger partial charge in [-0.2, -0.15) is 0 Å². The van der Waals surface area contributed by atoms with Crippen molar-refractivity contribution in [2.24, 2.45) is 11.8 Å². The molecule has 0 aromatic heterocycles. The summed E-state index contributed by atoms with van der Waals surface area (Å²) in [6.45, 7) is 0. The van der Waals surface area contributed by atoms with Gasteiger partial charge >= 0.3 is 5.97 Å². The zero-order chi connectivity index (χ0) is 25.4. The molecule has 2 saturated heterocycles. The van der Waals surface area contributed by atoms with E-state index in [-0.39, 0.29) is 6.42 Å². The van der Waals surface area contributed by atoms with Crippen LogP contribution >= 0.6 is 0 Å². The van der Waals surface area contributed by atoms with Crippen LogP contribution < -0.4 is 19.7 Å². The van der Waals surface area contributed by atoms with Gasteiger partial charge in [0.15, 0.2) is 0 Å². The number of carboxylic acids is 1. The number of nitrogens with one attached hydrogen (secondary N) is 1. The molecule has 0 unspecified atom stereocenters. The van der Waals surface area contributed by atoms with Crippen molar-refractivity contribution in [1.82, 2.24) is 5.32 Å². The molecule has 8 nitrogen and oxygen atoms in total. The molecule has 4 atom stereocenters. The SMILES string of the molecule is COc1ccc([C@@H]2N[C@](Cc3ccccc3)(C(=O)O)[C@@H]3C(=O)N(c4ccccc4OC)C(=O)[C@H]32)cc1. The highest BCUT2D eigenvalue weighted by Crippen LogP contribution is 2.51. The second-order valence-corrected chi connectivity index (χ2v) is 9.02. The van der Waals surface area contributed by atoms with Crippen molar-refractivity contribution in [2.75, 3.05) is 19.1 Å². The van der Waals surface area contributed by atoms with Crippen molar-refractivity contribution < 1.29 is 29.0 Å². The summed E-state index contributed by atoms with van der Waals surface area (Å²) < 4.78 is 10.7. The maximum atomic E-state index is 14.0. The zero-order valence-electron chi connectivity index (χ0n) is 19.9. The van der Waals surface area contributed by atoms with Crippen LogP contribution in [-0.2, 0) is 20.8 Å². The lowest BCUT2D eigenvalue weighted by molar-refractivity contribution is -0.148. The normalized spacial score (nSPS) is 25.1. The topological polar surface area (TPSA) is 105 Å². The molecule has 2 aliphatic heterocycles. The minimum absolute atomic E-state index is 0.0375. The number of carbonyl (C=O) groups excluding carboxylic acids is 2. The highest BCUT2D eigenvalue weighted by Gasteiger charge is 2.68. The largest absolute Gasteiger partial charge is 0.497 e. The first-order valence-corrected chi connectivity index (χ1v) is 11.6. The fourth-order valence-corrected chi connectivity index (χ4v) is 5.51. The predicted molar refractivity (Wildman–Crippen MR) is 132 cm³/mol. The number of hydrogen-bond donors (Lipinski definition) is 2. The lowest BCUT2D eigenvalue weighted by Crippen LogP contribution is -2.57. The molecule has 0 bridgehead atoms. The van der Waals surface area contributed by atoms with Crippen LogP contribution in [0, 0.1) is 11.8 Å². The van der Waals surface area contributed by atoms with Gasteiger partial charge in [0.05, 0.1) is 31.7 Å². The molecule has 0 spiro atoms. The van der Waals surface area contributed by atoms with Gasteiger partial charge in [-0.3, -0.25) is 19.7 Å². The number of carboxylic acid groups (broad SMARTS) is 1. The summed E-state index contributed by atoms with van der Waals surface area (Å²) in [7, 11) is 3.02. The average molecular weight is 487 g/mol. The lowest BCUT2D eigenvalue weighted by Gasteiger charge is -2.31. The summed E-state index contributed by atoms with van der Waals surface area (Å²) in [5, 5.41) is 13.8. The molecule has 5 rings (SSSR count). The Labute approximate surface area is 208 Å². The maximum absolute atomic E-state index is 14.0. The Bertz CT molecular complexity index is 1310. The number of nitrogens with zero attached hydrogens (tertiary/aromatic N) is 1. The van der Waals surface area contributed by atoms with E-state index in [2.05, 4.69) is 5.32 Å². The minimum Gasteiger partial charge on any atom is -0.497 e. The molecule has 2 amide bonds. The monoisotopic (exact) mass is 486 g/mol. The number of fused-ring (bicyclic) bond motifs is 1. The van der Waals surface area contributed by atoms with Crippen molar-refractivity contribution in [1.29, 1.82) is 0 Å². The molecule has 2 heterocycles. The minimum atomic E-state index is -1.69. The van der Waals surface area contributed by atoms with E-state index in [1.807, 2.05) is 30.3 Å². The van der Waals surface area contributed by atoms with Gasteiger partial charge in [-0.05, 0) is 35.4 Å². The number of carbonyl (C=O) groups is 3. The van der Waals surface area contributed by atoms with Crippen molar-refractivity contribution in [3.63, 3.8) is 0 Å². The molecule has 0 radical (unpaired) electrons. The Morgan fingerprint density at radius 1 is 0.917 bits per heavy atom. The summed E-state index contributed by atoms with van der Waals surface area (Å²) >= 11 is 0. The van der Waals surface area contributed by atoms with Crippen molar-refractivity contribution in [2.45, 2.75) is 18.0 Å². The second-order valence-electron chi connectivity index (χ2n) is 9.02. The van der Waals surface area contributed by atoms with Crippen LogP contribution in [0.15, 0.2) is 78.9 Å². The fourth-order valence-electron chi connectivity index (χ4n) is 5.51. The molecule has 0 aliphatic carbocycles. The Morgan fingerprint density at radius 3 is 2.22 bits per heavy atom. The average Bonchev–Trinajstić information content (AvgIpc) is 3.38. The third kappa shape index (κ3) is 3.61. The van der Waals surface area contributed by atoms with Crippen LogP contribution in [0.3, 0.4) is 0 Å². The smallest absolute Gasteiger partial charge is 0.325 e. The summed E-state index contributed by atoms with van der Waals surface area (Å²) in [6.07, 6.45) is 0.0375. The third-order valence-electron chi connectivity index (χ3n) is 7.16. The number of imide groups is 1. The van der Waals surface area contributed by atoms with E-state index in [0.717, 1.165) is 10.5 Å². The molecule has 2 fully saturated rings. The molecule has 2 aliphatic rings. The van der Waals surface area contributed by atoms with Crippen molar-refractivity contribution >= 4 is 23.5 Å². The summed E-state index contributed by atoms with van der Waals surface area (Å²) in [4.78, 5) is 42.0. The number of para-hydroxylation sites is 2. The number of rotatable bonds is 7. The van der Waals surface area contributed by atoms with Gasteiger partial charge in [-0.15, -0.1) is 0 Å². The molecule has 36 heavy (non-hydrogen) atoms. The molecule has 3 aromatic rings. The third-order valence-corrected chi connectivity index (χ3v) is 7.16. The number of ether oxygens (including phenoxy) is 2. The van der Waals surface area contributed by atoms with E-state index in [1.165, 1.54) is 7.11 Å². The predicted octanol–water partition coefficient (Wildman–Crippen LogP) is 3.22. The van der Waals surface area contributed by atoms with Crippen LogP contribution in [0.25, 0.3) is 0 Å². The number of hydrogen-bond acceptors (Lipinski definition) is 6. The lowest BCUT2D eigenvalue weighted by atomic mass is 9.76. The maximum Gasteiger partial charge on any atom is 0.325 e. The summed E-state index contributed by atoms with van der Waals surface area (Å²) in [5.74, 6) is -3.25. The Kier molecular flexibility index (Phi) is 5.97. The zero-order valence-corrected chi connectivity index (χ0v) is 19.9. The Hall–Kier alpha value is -4.17. The van der Waals surface area contributed by atoms with E-state index in [9.17, 15) is 19.5 Å². The number of methoxy groups -OCH3 is 2. The first-order chi connectivity index (χ1) is 17.4. The van der Waals surface area contributed by atoms with Crippen LogP contribution in [0.4, 0.5) is 5.69 Å². The van der Waals surface area contributed by atoms with Crippen LogP contribution in [0.1, 0.15) is 17.2 Å². The van der Waals surface area contributed by atoms with Gasteiger partial charge in [0.2, 0.25) is 11.8 Å². The van der Waals surface area contributed by atoms with E-state index in [0.29, 0.717) is 22.7 Å². The van der Waals surface area contributed by atoms with Crippen molar-refractivity contribution in [3.05, 3.63) is 90.0 Å². The highest BCUT2D eigenvalue weighted by molar-refractivity contribution is 6.24. The molecule has 2 N–H and O–H groups in total. The standard InChI is InChI=1S/C28H26N2O6/c1-35-19-14-12-18(13-15-19)24-22-23(28(29-24,27(33)34)16-17-8-4-3-5-9-17)26(32)30(25(22)31)20-10-6-7-11-21(20)36-2/h3-15,22-24,29H,16H2,1-2H3,(H,33,34)/t22-,23+,24+,28+/m1/s1. The molecule has 3 aromatic carbocycles. The van der Waals surface area contributed by atoms with Gasteiger partial charge in [-0.1, -0.05) is 54.6 Å². The quantitative estimate of drug-likeness (QED) is 0.494. The number of amides is 2. The van der Waals surface area contributed by atoms with Gasteiger partial charge in [0.25, 0.3) is 0 Å². The fraction of sp³-hybridized carbons (Fsp3) is 0.250. The van der Waals surface area contributed by atoms with Crippen LogP contribution in [-0.4, -0.2) is 42.6 Å². The van der Waals surface area contributed by atoms with Gasteiger partial charge < -0.3 is 14.6 Å². The van der Waals surface area contributed by atoms with E-state index in [4.69, 9.17) is 9.47 Å². The first-order valence-electron chi connectivity index (χ1n) is 11.6. The van der Waals surface area contributed by atoms with Crippen LogP contribution in [0.5, 0.6) is 11.5 Å². The molecule has 0 saturated carbocycles. The second kappa shape index (κ2) is 9.13. The number of anilines is 1. The molecular weight excluding hydrogens is 460 g/mol. The van der Waals surface area contributed by atoms with E-state index in [1.54, 1.807) is 55.6 Å². The summed E-state index contributed by atoms with van der Waals surface area (Å²) in [6, 6.07) is 22.3. The number of benzene rings is 3. The van der Waals surface area contributed by atoms with E-state index < -0.39 is 41.2 Å². The number of aliphatic carboxylic acids is 1. The molecule has 8 heteroatoms.